The number of hydrogen-bond donors (Lipinski definition) is 2. The van der Waals surface area contributed by atoms with E-state index in [0.717, 1.165) is 11.4 Å². The number of anilines is 1. The fourth-order valence-corrected chi connectivity index (χ4v) is 1.67. The molecule has 6 nitrogen and oxygen atoms in total. The maximum atomic E-state index is 12.1. The number of amides is 1. The number of aryl methyl sites for hydroxylation is 1. The molecule has 6 heteroatoms. The molecule has 104 valence electrons. The fraction of sp³-hybridized carbons (Fsp3) is 0.286. The zero-order valence-electron chi connectivity index (χ0n) is 11.6. The molecule has 0 aliphatic carbocycles. The summed E-state index contributed by atoms with van der Waals surface area (Å²) in [6, 6.07) is 3.47. The Morgan fingerprint density at radius 3 is 2.80 bits per heavy atom. The van der Waals surface area contributed by atoms with E-state index in [1.807, 2.05) is 13.8 Å². The van der Waals surface area contributed by atoms with E-state index in [0.29, 0.717) is 24.5 Å². The molecule has 0 aromatic carbocycles. The standard InChI is InChI=1S/C14H17N5O/c1-3-15-13-12(5-4-6-16-13)14(20)19-9-11-8-17-10(2)7-18-11/h4-8H,3,9H2,1-2H3,(H,15,16)(H,19,20). The topological polar surface area (TPSA) is 79.8 Å². The van der Waals surface area contributed by atoms with E-state index in [1.165, 1.54) is 0 Å². The summed E-state index contributed by atoms with van der Waals surface area (Å²) in [5, 5.41) is 5.87. The van der Waals surface area contributed by atoms with Crippen molar-refractivity contribution in [2.24, 2.45) is 0 Å². The molecule has 2 heterocycles. The summed E-state index contributed by atoms with van der Waals surface area (Å²) in [6.45, 7) is 4.87. The molecule has 0 spiro atoms. The lowest BCUT2D eigenvalue weighted by atomic mass is 10.2. The average Bonchev–Trinajstić information content (AvgIpc) is 2.47. The molecule has 0 bridgehead atoms. The van der Waals surface area contributed by atoms with Gasteiger partial charge in [0.1, 0.15) is 5.82 Å². The molecule has 2 aromatic rings. The Kier molecular flexibility index (Phi) is 4.60. The maximum Gasteiger partial charge on any atom is 0.255 e. The summed E-state index contributed by atoms with van der Waals surface area (Å²) in [5.41, 5.74) is 2.09. The molecular formula is C14H17N5O. The van der Waals surface area contributed by atoms with Crippen LogP contribution in [0.4, 0.5) is 5.82 Å². The van der Waals surface area contributed by atoms with Gasteiger partial charge in [0.25, 0.3) is 5.91 Å². The predicted octanol–water partition coefficient (Wildman–Crippen LogP) is 1.54. The molecule has 2 aromatic heterocycles. The molecular weight excluding hydrogens is 254 g/mol. The highest BCUT2D eigenvalue weighted by atomic mass is 16.1. The minimum atomic E-state index is -0.184. The number of pyridine rings is 1. The summed E-state index contributed by atoms with van der Waals surface area (Å²) in [7, 11) is 0. The second-order valence-electron chi connectivity index (χ2n) is 4.26. The number of carbonyl (C=O) groups excluding carboxylic acids is 1. The van der Waals surface area contributed by atoms with Gasteiger partial charge in [-0.2, -0.15) is 0 Å². The second-order valence-corrected chi connectivity index (χ2v) is 4.26. The van der Waals surface area contributed by atoms with Crippen molar-refractivity contribution in [3.8, 4) is 0 Å². The number of nitrogens with one attached hydrogen (secondary N) is 2. The van der Waals surface area contributed by atoms with Crippen LogP contribution in [-0.2, 0) is 6.54 Å². The lowest BCUT2D eigenvalue weighted by Crippen LogP contribution is -2.24. The Labute approximate surface area is 117 Å². The highest BCUT2D eigenvalue weighted by molar-refractivity contribution is 5.98. The van der Waals surface area contributed by atoms with Gasteiger partial charge < -0.3 is 10.6 Å². The number of hydrogen-bond acceptors (Lipinski definition) is 5. The summed E-state index contributed by atoms with van der Waals surface area (Å²) in [6.07, 6.45) is 4.99. The summed E-state index contributed by atoms with van der Waals surface area (Å²) in [4.78, 5) is 24.6. The van der Waals surface area contributed by atoms with Gasteiger partial charge in [-0.05, 0) is 26.0 Å². The van der Waals surface area contributed by atoms with Crippen molar-refractivity contribution in [2.45, 2.75) is 20.4 Å². The van der Waals surface area contributed by atoms with Gasteiger partial charge >= 0.3 is 0 Å². The first-order valence-corrected chi connectivity index (χ1v) is 6.45. The van der Waals surface area contributed by atoms with Crippen molar-refractivity contribution < 1.29 is 4.79 Å². The number of carbonyl (C=O) groups is 1. The Morgan fingerprint density at radius 2 is 2.10 bits per heavy atom. The van der Waals surface area contributed by atoms with Crippen molar-refractivity contribution in [3.05, 3.63) is 47.7 Å². The van der Waals surface area contributed by atoms with Gasteiger partial charge in [-0.25, -0.2) is 4.98 Å². The van der Waals surface area contributed by atoms with Crippen LogP contribution in [0.5, 0.6) is 0 Å². The zero-order valence-corrected chi connectivity index (χ0v) is 11.6. The third-order valence-corrected chi connectivity index (χ3v) is 2.66. The van der Waals surface area contributed by atoms with Crippen LogP contribution < -0.4 is 10.6 Å². The smallest absolute Gasteiger partial charge is 0.255 e. The van der Waals surface area contributed by atoms with Crippen molar-refractivity contribution in [2.75, 3.05) is 11.9 Å². The van der Waals surface area contributed by atoms with Crippen LogP contribution in [0, 0.1) is 6.92 Å². The Balaban J connectivity index is 2.03. The van der Waals surface area contributed by atoms with E-state index in [9.17, 15) is 4.79 Å². The molecule has 20 heavy (non-hydrogen) atoms. The molecule has 2 rings (SSSR count). The van der Waals surface area contributed by atoms with Crippen LogP contribution in [-0.4, -0.2) is 27.4 Å². The third-order valence-electron chi connectivity index (χ3n) is 2.66. The van der Waals surface area contributed by atoms with Crippen LogP contribution >= 0.6 is 0 Å². The molecule has 2 N–H and O–H groups in total. The highest BCUT2D eigenvalue weighted by Crippen LogP contribution is 2.11. The lowest BCUT2D eigenvalue weighted by Gasteiger charge is -2.09. The zero-order chi connectivity index (χ0) is 14.4. The van der Waals surface area contributed by atoms with Crippen LogP contribution in [0.2, 0.25) is 0 Å². The summed E-state index contributed by atoms with van der Waals surface area (Å²) < 4.78 is 0. The van der Waals surface area contributed by atoms with Crippen molar-refractivity contribution >= 4 is 11.7 Å². The Hall–Kier alpha value is -2.50. The molecule has 1 amide bonds. The SMILES string of the molecule is CCNc1ncccc1C(=O)NCc1cnc(C)cn1. The highest BCUT2D eigenvalue weighted by Gasteiger charge is 2.11. The molecule has 0 radical (unpaired) electrons. The van der Waals surface area contributed by atoms with Crippen molar-refractivity contribution in [1.82, 2.24) is 20.3 Å². The first-order chi connectivity index (χ1) is 9.70. The van der Waals surface area contributed by atoms with Crippen LogP contribution in [0.15, 0.2) is 30.7 Å². The van der Waals surface area contributed by atoms with E-state index >= 15 is 0 Å². The monoisotopic (exact) mass is 271 g/mol. The molecule has 0 unspecified atom stereocenters. The Morgan fingerprint density at radius 1 is 1.25 bits per heavy atom. The van der Waals surface area contributed by atoms with Gasteiger partial charge in [0.15, 0.2) is 0 Å². The molecule has 0 fully saturated rings. The molecule has 0 saturated heterocycles. The van der Waals surface area contributed by atoms with Gasteiger partial charge in [0.05, 0.1) is 29.7 Å². The summed E-state index contributed by atoms with van der Waals surface area (Å²) >= 11 is 0. The van der Waals surface area contributed by atoms with Gasteiger partial charge in [0.2, 0.25) is 0 Å². The first kappa shape index (κ1) is 13.9. The van der Waals surface area contributed by atoms with Gasteiger partial charge in [-0.15, -0.1) is 0 Å². The molecule has 0 atom stereocenters. The first-order valence-electron chi connectivity index (χ1n) is 6.45. The van der Waals surface area contributed by atoms with E-state index < -0.39 is 0 Å². The van der Waals surface area contributed by atoms with Crippen LogP contribution in [0.3, 0.4) is 0 Å². The quantitative estimate of drug-likeness (QED) is 0.862. The summed E-state index contributed by atoms with van der Waals surface area (Å²) in [5.74, 6) is 0.402. The van der Waals surface area contributed by atoms with E-state index in [4.69, 9.17) is 0 Å². The van der Waals surface area contributed by atoms with Gasteiger partial charge in [0, 0.05) is 18.9 Å². The number of aromatic nitrogens is 3. The van der Waals surface area contributed by atoms with Crippen molar-refractivity contribution in [3.63, 3.8) is 0 Å². The minimum Gasteiger partial charge on any atom is -0.370 e. The lowest BCUT2D eigenvalue weighted by molar-refractivity contribution is 0.0951. The second kappa shape index (κ2) is 6.60. The fourth-order valence-electron chi connectivity index (χ4n) is 1.67. The molecule has 0 saturated carbocycles. The average molecular weight is 271 g/mol. The normalized spacial score (nSPS) is 10.1. The van der Waals surface area contributed by atoms with Gasteiger partial charge in [-0.1, -0.05) is 0 Å². The van der Waals surface area contributed by atoms with E-state index in [-0.39, 0.29) is 5.91 Å². The molecule has 0 aliphatic rings. The number of rotatable bonds is 5. The largest absolute Gasteiger partial charge is 0.370 e. The molecule has 0 aliphatic heterocycles. The number of nitrogens with zero attached hydrogens (tertiary/aromatic N) is 3. The van der Waals surface area contributed by atoms with E-state index in [2.05, 4.69) is 25.6 Å². The van der Waals surface area contributed by atoms with Crippen LogP contribution in [0.25, 0.3) is 0 Å². The van der Waals surface area contributed by atoms with Crippen LogP contribution in [0.1, 0.15) is 28.7 Å². The third kappa shape index (κ3) is 3.50. The van der Waals surface area contributed by atoms with Gasteiger partial charge in [-0.3, -0.25) is 14.8 Å². The minimum absolute atomic E-state index is 0.184. The predicted molar refractivity (Wildman–Crippen MR) is 76.3 cm³/mol. The Bertz CT molecular complexity index is 582. The maximum absolute atomic E-state index is 12.1. The van der Waals surface area contributed by atoms with E-state index in [1.54, 1.807) is 30.7 Å². The van der Waals surface area contributed by atoms with Crippen molar-refractivity contribution in [1.29, 1.82) is 0 Å².